The van der Waals surface area contributed by atoms with Gasteiger partial charge < -0.3 is 25.4 Å². The molecule has 8 heteroatoms. The van der Waals surface area contributed by atoms with Crippen LogP contribution < -0.4 is 10.6 Å². The molecule has 3 amide bonds. The van der Waals surface area contributed by atoms with E-state index in [0.29, 0.717) is 13.0 Å². The Kier molecular flexibility index (Phi) is 4.12. The molecule has 20 heavy (non-hydrogen) atoms. The van der Waals surface area contributed by atoms with Crippen molar-refractivity contribution in [3.63, 3.8) is 0 Å². The number of urea groups is 1. The molecule has 2 aliphatic rings. The van der Waals surface area contributed by atoms with Gasteiger partial charge in [0, 0.05) is 39.6 Å². The highest BCUT2D eigenvalue weighted by molar-refractivity contribution is 5.91. The fourth-order valence-electron chi connectivity index (χ4n) is 2.48. The Labute approximate surface area is 116 Å². The zero-order valence-corrected chi connectivity index (χ0v) is 11.3. The summed E-state index contributed by atoms with van der Waals surface area (Å²) in [6.45, 7) is 1.16. The molecule has 1 unspecified atom stereocenters. The number of likely N-dealkylation sites (N-methyl/N-ethyl adjacent to an activating group) is 1. The minimum atomic E-state index is -1.31. The van der Waals surface area contributed by atoms with Crippen molar-refractivity contribution in [3.8, 4) is 0 Å². The van der Waals surface area contributed by atoms with Crippen LogP contribution in [-0.4, -0.2) is 66.3 Å². The normalized spacial score (nSPS) is 25.4. The summed E-state index contributed by atoms with van der Waals surface area (Å²) >= 11 is 0. The van der Waals surface area contributed by atoms with Crippen LogP contribution in [0, 0.1) is 0 Å². The van der Waals surface area contributed by atoms with Crippen molar-refractivity contribution in [1.29, 1.82) is 0 Å². The molecule has 112 valence electrons. The van der Waals surface area contributed by atoms with Gasteiger partial charge in [0.15, 0.2) is 0 Å². The molecule has 0 radical (unpaired) electrons. The van der Waals surface area contributed by atoms with Crippen molar-refractivity contribution < 1.29 is 24.2 Å². The Morgan fingerprint density at radius 1 is 1.40 bits per heavy atom. The lowest BCUT2D eigenvalue weighted by Crippen LogP contribution is -2.61. The number of likely N-dealkylation sites (tertiary alicyclic amines) is 1. The van der Waals surface area contributed by atoms with Crippen LogP contribution in [0.2, 0.25) is 0 Å². The van der Waals surface area contributed by atoms with E-state index in [1.54, 1.807) is 7.05 Å². The predicted molar refractivity (Wildman–Crippen MR) is 68.1 cm³/mol. The fraction of sp³-hybridized carbons (Fsp3) is 0.750. The third-order valence-corrected chi connectivity index (χ3v) is 3.84. The second-order valence-electron chi connectivity index (χ2n) is 5.20. The van der Waals surface area contributed by atoms with E-state index in [0.717, 1.165) is 0 Å². The number of aliphatic carboxylic acids is 1. The number of nitrogens with one attached hydrogen (secondary N) is 2. The second-order valence-corrected chi connectivity index (χ2v) is 5.20. The maximum absolute atomic E-state index is 11.9. The SMILES string of the molecule is CN1CCC(NC(=O)NC2(C(=O)O)CCOCC2)C1=O. The van der Waals surface area contributed by atoms with Crippen molar-refractivity contribution in [1.82, 2.24) is 15.5 Å². The molecule has 8 nitrogen and oxygen atoms in total. The van der Waals surface area contributed by atoms with Gasteiger partial charge in [-0.1, -0.05) is 0 Å². The molecule has 2 aliphatic heterocycles. The van der Waals surface area contributed by atoms with Crippen LogP contribution in [0.25, 0.3) is 0 Å². The number of nitrogens with zero attached hydrogens (tertiary/aromatic N) is 1. The average Bonchev–Trinajstić information content (AvgIpc) is 2.71. The molecule has 1 atom stereocenters. The van der Waals surface area contributed by atoms with Crippen LogP contribution in [0.3, 0.4) is 0 Å². The van der Waals surface area contributed by atoms with Gasteiger partial charge in [-0.3, -0.25) is 4.79 Å². The molecule has 3 N–H and O–H groups in total. The van der Waals surface area contributed by atoms with Gasteiger partial charge in [-0.15, -0.1) is 0 Å². The molecule has 0 aromatic rings. The first-order valence-electron chi connectivity index (χ1n) is 6.59. The van der Waals surface area contributed by atoms with Crippen LogP contribution in [0.1, 0.15) is 19.3 Å². The molecular weight excluding hydrogens is 266 g/mol. The smallest absolute Gasteiger partial charge is 0.329 e. The topological polar surface area (TPSA) is 108 Å². The van der Waals surface area contributed by atoms with Crippen LogP contribution in [0.5, 0.6) is 0 Å². The van der Waals surface area contributed by atoms with Crippen LogP contribution >= 0.6 is 0 Å². The molecule has 0 bridgehead atoms. The van der Waals surface area contributed by atoms with Crippen LogP contribution in [-0.2, 0) is 14.3 Å². The lowest BCUT2D eigenvalue weighted by Gasteiger charge is -2.34. The maximum Gasteiger partial charge on any atom is 0.329 e. The molecule has 0 aromatic carbocycles. The quantitative estimate of drug-likeness (QED) is 0.626. The minimum Gasteiger partial charge on any atom is -0.480 e. The molecule has 2 rings (SSSR count). The number of carboxylic acids is 1. The molecule has 2 heterocycles. The van der Waals surface area contributed by atoms with Crippen molar-refractivity contribution in [2.24, 2.45) is 0 Å². The van der Waals surface area contributed by atoms with Gasteiger partial charge in [0.05, 0.1) is 0 Å². The Balaban J connectivity index is 1.95. The number of hydrogen-bond acceptors (Lipinski definition) is 4. The molecule has 0 aliphatic carbocycles. The standard InChI is InChI=1S/C12H19N3O5/c1-15-5-2-8(9(15)16)13-11(19)14-12(10(17)18)3-6-20-7-4-12/h8H,2-7H2,1H3,(H,17,18)(H2,13,14,19). The van der Waals surface area contributed by atoms with Crippen molar-refractivity contribution >= 4 is 17.9 Å². The highest BCUT2D eigenvalue weighted by atomic mass is 16.5. The predicted octanol–water partition coefficient (Wildman–Crippen LogP) is -0.850. The monoisotopic (exact) mass is 285 g/mol. The van der Waals surface area contributed by atoms with Gasteiger partial charge in [0.1, 0.15) is 11.6 Å². The van der Waals surface area contributed by atoms with E-state index in [9.17, 15) is 19.5 Å². The summed E-state index contributed by atoms with van der Waals surface area (Å²) < 4.78 is 5.13. The zero-order valence-electron chi connectivity index (χ0n) is 11.3. The number of ether oxygens (including phenoxy) is 1. The molecule has 0 spiro atoms. The third kappa shape index (κ3) is 2.84. The first-order valence-corrected chi connectivity index (χ1v) is 6.59. The Hall–Kier alpha value is -1.83. The van der Waals surface area contributed by atoms with Gasteiger partial charge in [-0.05, 0) is 6.42 Å². The van der Waals surface area contributed by atoms with E-state index in [-0.39, 0.29) is 32.0 Å². The highest BCUT2D eigenvalue weighted by Gasteiger charge is 2.42. The summed E-state index contributed by atoms with van der Waals surface area (Å²) in [6, 6.07) is -1.20. The number of rotatable bonds is 3. The number of carbonyl (C=O) groups excluding carboxylic acids is 2. The fourth-order valence-corrected chi connectivity index (χ4v) is 2.48. The minimum absolute atomic E-state index is 0.156. The first kappa shape index (κ1) is 14.6. The maximum atomic E-state index is 11.9. The average molecular weight is 285 g/mol. The van der Waals surface area contributed by atoms with Crippen molar-refractivity contribution in [3.05, 3.63) is 0 Å². The van der Waals surface area contributed by atoms with Gasteiger partial charge in [0.25, 0.3) is 0 Å². The zero-order chi connectivity index (χ0) is 14.8. The summed E-state index contributed by atoms with van der Waals surface area (Å²) in [6.07, 6.45) is 0.967. The van der Waals surface area contributed by atoms with Gasteiger partial charge in [0.2, 0.25) is 5.91 Å². The Bertz CT molecular complexity index is 419. The summed E-state index contributed by atoms with van der Waals surface area (Å²) in [5, 5.41) is 14.4. The van der Waals surface area contributed by atoms with Gasteiger partial charge in [-0.2, -0.15) is 0 Å². The van der Waals surface area contributed by atoms with E-state index in [1.807, 2.05) is 0 Å². The lowest BCUT2D eigenvalue weighted by molar-refractivity contribution is -0.148. The first-order chi connectivity index (χ1) is 9.44. The third-order valence-electron chi connectivity index (χ3n) is 3.84. The van der Waals surface area contributed by atoms with E-state index in [2.05, 4.69) is 10.6 Å². The number of amides is 3. The van der Waals surface area contributed by atoms with Crippen molar-refractivity contribution in [2.75, 3.05) is 26.8 Å². The van der Waals surface area contributed by atoms with Crippen LogP contribution in [0.4, 0.5) is 4.79 Å². The largest absolute Gasteiger partial charge is 0.480 e. The van der Waals surface area contributed by atoms with E-state index in [4.69, 9.17) is 4.74 Å². The van der Waals surface area contributed by atoms with E-state index >= 15 is 0 Å². The number of carbonyl (C=O) groups is 3. The number of carboxylic acid groups (broad SMARTS) is 1. The summed E-state index contributed by atoms with van der Waals surface area (Å²) in [7, 11) is 1.67. The van der Waals surface area contributed by atoms with E-state index < -0.39 is 23.6 Å². The molecule has 0 aromatic heterocycles. The Morgan fingerprint density at radius 3 is 2.55 bits per heavy atom. The molecule has 2 fully saturated rings. The Morgan fingerprint density at radius 2 is 2.05 bits per heavy atom. The molecule has 2 saturated heterocycles. The van der Waals surface area contributed by atoms with Gasteiger partial charge >= 0.3 is 12.0 Å². The summed E-state index contributed by atoms with van der Waals surface area (Å²) in [5.74, 6) is -1.23. The number of hydrogen-bond donors (Lipinski definition) is 3. The van der Waals surface area contributed by atoms with Crippen LogP contribution in [0.15, 0.2) is 0 Å². The lowest BCUT2D eigenvalue weighted by atomic mass is 9.90. The van der Waals surface area contributed by atoms with E-state index in [1.165, 1.54) is 4.90 Å². The summed E-state index contributed by atoms with van der Waals surface area (Å²) in [4.78, 5) is 36.6. The molecular formula is C12H19N3O5. The van der Waals surface area contributed by atoms with Crippen molar-refractivity contribution in [2.45, 2.75) is 30.8 Å². The van der Waals surface area contributed by atoms with Gasteiger partial charge in [-0.25, -0.2) is 9.59 Å². The molecule has 0 saturated carbocycles. The second kappa shape index (κ2) is 5.66. The highest BCUT2D eigenvalue weighted by Crippen LogP contribution is 2.21. The summed E-state index contributed by atoms with van der Waals surface area (Å²) in [5.41, 5.74) is -1.31.